The Morgan fingerprint density at radius 2 is 1.86 bits per heavy atom. The van der Waals surface area contributed by atoms with Crippen LogP contribution < -0.4 is 15.4 Å². The molecule has 3 rings (SSSR count). The minimum absolute atomic E-state index is 0. The highest BCUT2D eigenvalue weighted by Gasteiger charge is 2.01. The molecule has 2 N–H and O–H groups in total. The average Bonchev–Trinajstić information content (AvgIpc) is 3.22. The topological polar surface area (TPSA) is 63.5 Å². The summed E-state index contributed by atoms with van der Waals surface area (Å²) in [6.45, 7) is 2.39. The molecule has 0 bridgehead atoms. The van der Waals surface area contributed by atoms with Gasteiger partial charge in [-0.3, -0.25) is 9.67 Å². The number of aromatic nitrogens is 2. The van der Waals surface area contributed by atoms with Gasteiger partial charge in [0.15, 0.2) is 5.96 Å². The lowest BCUT2D eigenvalue weighted by Gasteiger charge is -2.13. The Labute approximate surface area is 183 Å². The first-order valence-corrected chi connectivity index (χ1v) is 9.07. The SMILES string of the molecule is CN=C(NCCCn1cccn1)NCc1cccc(Oc2ccccc2)c1.I. The van der Waals surface area contributed by atoms with Gasteiger partial charge < -0.3 is 15.4 Å². The number of aryl methyl sites for hydroxylation is 1. The van der Waals surface area contributed by atoms with E-state index in [1.165, 1.54) is 0 Å². The summed E-state index contributed by atoms with van der Waals surface area (Å²) < 4.78 is 7.81. The number of nitrogens with one attached hydrogen (secondary N) is 2. The van der Waals surface area contributed by atoms with Crippen LogP contribution in [0.25, 0.3) is 0 Å². The summed E-state index contributed by atoms with van der Waals surface area (Å²) in [6, 6.07) is 19.8. The van der Waals surface area contributed by atoms with E-state index in [2.05, 4.69) is 26.8 Å². The van der Waals surface area contributed by atoms with Crippen LogP contribution in [0.4, 0.5) is 0 Å². The largest absolute Gasteiger partial charge is 0.457 e. The number of benzene rings is 2. The summed E-state index contributed by atoms with van der Waals surface area (Å²) in [5.41, 5.74) is 1.13. The third kappa shape index (κ3) is 7.22. The normalized spacial score (nSPS) is 10.8. The molecule has 6 nitrogen and oxygen atoms in total. The summed E-state index contributed by atoms with van der Waals surface area (Å²) >= 11 is 0. The van der Waals surface area contributed by atoms with E-state index in [-0.39, 0.29) is 24.0 Å². The lowest BCUT2D eigenvalue weighted by Crippen LogP contribution is -2.37. The lowest BCUT2D eigenvalue weighted by atomic mass is 10.2. The van der Waals surface area contributed by atoms with Crippen LogP contribution in [0.5, 0.6) is 11.5 Å². The van der Waals surface area contributed by atoms with Crippen molar-refractivity contribution in [2.75, 3.05) is 13.6 Å². The fraction of sp³-hybridized carbons (Fsp3) is 0.238. The van der Waals surface area contributed by atoms with Crippen molar-refractivity contribution in [3.8, 4) is 11.5 Å². The number of para-hydroxylation sites is 1. The predicted molar refractivity (Wildman–Crippen MR) is 123 cm³/mol. The van der Waals surface area contributed by atoms with Crippen LogP contribution in [0.1, 0.15) is 12.0 Å². The van der Waals surface area contributed by atoms with Crippen molar-refractivity contribution in [1.29, 1.82) is 0 Å². The molecular weight excluding hydrogens is 465 g/mol. The number of halogens is 1. The van der Waals surface area contributed by atoms with Gasteiger partial charge in [0.1, 0.15) is 11.5 Å². The Hall–Kier alpha value is -2.55. The number of nitrogens with zero attached hydrogens (tertiary/aromatic N) is 3. The van der Waals surface area contributed by atoms with Crippen molar-refractivity contribution >= 4 is 29.9 Å². The number of ether oxygens (including phenoxy) is 1. The molecule has 0 aliphatic rings. The average molecular weight is 491 g/mol. The quantitative estimate of drug-likeness (QED) is 0.216. The van der Waals surface area contributed by atoms with E-state index >= 15 is 0 Å². The van der Waals surface area contributed by atoms with Crippen molar-refractivity contribution in [2.24, 2.45) is 4.99 Å². The van der Waals surface area contributed by atoms with Gasteiger partial charge in [-0.15, -0.1) is 24.0 Å². The van der Waals surface area contributed by atoms with E-state index in [0.717, 1.165) is 42.5 Å². The number of rotatable bonds is 8. The van der Waals surface area contributed by atoms with Crippen molar-refractivity contribution in [3.63, 3.8) is 0 Å². The zero-order chi connectivity index (χ0) is 18.7. The summed E-state index contributed by atoms with van der Waals surface area (Å²) in [5.74, 6) is 2.43. The molecule has 0 saturated carbocycles. The third-order valence-corrected chi connectivity index (χ3v) is 3.98. The van der Waals surface area contributed by atoms with Crippen LogP contribution in [0.3, 0.4) is 0 Å². The molecular formula is C21H26IN5O. The molecule has 28 heavy (non-hydrogen) atoms. The monoisotopic (exact) mass is 491 g/mol. The Morgan fingerprint density at radius 3 is 2.61 bits per heavy atom. The standard InChI is InChI=1S/C21H25N5O.HI/c1-22-21(23-12-6-14-26-15-7-13-25-26)24-17-18-8-5-11-20(16-18)27-19-9-3-2-4-10-19;/h2-5,7-11,13,15-16H,6,12,14,17H2,1H3,(H2,22,23,24);1H. The van der Waals surface area contributed by atoms with E-state index < -0.39 is 0 Å². The first-order chi connectivity index (χ1) is 13.3. The van der Waals surface area contributed by atoms with Gasteiger partial charge >= 0.3 is 0 Å². The smallest absolute Gasteiger partial charge is 0.191 e. The zero-order valence-electron chi connectivity index (χ0n) is 15.9. The van der Waals surface area contributed by atoms with Gasteiger partial charge in [0, 0.05) is 39.1 Å². The second-order valence-corrected chi connectivity index (χ2v) is 6.04. The number of aliphatic imine (C=N–C) groups is 1. The Kier molecular flexibility index (Phi) is 9.33. The molecule has 0 saturated heterocycles. The molecule has 1 heterocycles. The highest BCUT2D eigenvalue weighted by molar-refractivity contribution is 14.0. The van der Waals surface area contributed by atoms with Gasteiger partial charge in [-0.05, 0) is 42.3 Å². The van der Waals surface area contributed by atoms with Crippen molar-refractivity contribution in [1.82, 2.24) is 20.4 Å². The van der Waals surface area contributed by atoms with Crippen LogP contribution in [0.2, 0.25) is 0 Å². The summed E-state index contributed by atoms with van der Waals surface area (Å²) in [5, 5.41) is 10.9. The number of guanidine groups is 1. The molecule has 0 aliphatic heterocycles. The molecule has 0 aliphatic carbocycles. The van der Waals surface area contributed by atoms with Gasteiger partial charge in [0.2, 0.25) is 0 Å². The maximum Gasteiger partial charge on any atom is 0.191 e. The maximum absolute atomic E-state index is 5.89. The first-order valence-electron chi connectivity index (χ1n) is 9.07. The molecule has 0 atom stereocenters. The highest BCUT2D eigenvalue weighted by atomic mass is 127. The van der Waals surface area contributed by atoms with Gasteiger partial charge in [-0.1, -0.05) is 30.3 Å². The minimum Gasteiger partial charge on any atom is -0.457 e. The molecule has 7 heteroatoms. The number of hydrogen-bond donors (Lipinski definition) is 2. The fourth-order valence-electron chi connectivity index (χ4n) is 2.63. The Morgan fingerprint density at radius 1 is 1.04 bits per heavy atom. The molecule has 148 valence electrons. The van der Waals surface area contributed by atoms with Gasteiger partial charge in [-0.2, -0.15) is 5.10 Å². The van der Waals surface area contributed by atoms with E-state index in [1.807, 2.05) is 65.5 Å². The van der Waals surface area contributed by atoms with Crippen LogP contribution in [-0.2, 0) is 13.1 Å². The van der Waals surface area contributed by atoms with E-state index in [1.54, 1.807) is 13.2 Å². The molecule has 0 radical (unpaired) electrons. The van der Waals surface area contributed by atoms with Crippen LogP contribution >= 0.6 is 24.0 Å². The molecule has 2 aromatic carbocycles. The second kappa shape index (κ2) is 12.0. The molecule has 1 aromatic heterocycles. The summed E-state index contributed by atoms with van der Waals surface area (Å²) in [7, 11) is 1.78. The summed E-state index contributed by atoms with van der Waals surface area (Å²) in [4.78, 5) is 4.27. The fourth-order valence-corrected chi connectivity index (χ4v) is 2.63. The number of hydrogen-bond acceptors (Lipinski definition) is 3. The third-order valence-electron chi connectivity index (χ3n) is 3.98. The van der Waals surface area contributed by atoms with Crippen molar-refractivity contribution in [2.45, 2.75) is 19.5 Å². The van der Waals surface area contributed by atoms with Crippen LogP contribution in [-0.4, -0.2) is 29.3 Å². The summed E-state index contributed by atoms with van der Waals surface area (Å²) in [6.07, 6.45) is 4.74. The molecule has 0 amide bonds. The van der Waals surface area contributed by atoms with Gasteiger partial charge in [-0.25, -0.2) is 0 Å². The Balaban J connectivity index is 0.00000280. The molecule has 0 fully saturated rings. The van der Waals surface area contributed by atoms with E-state index in [4.69, 9.17) is 4.74 Å². The zero-order valence-corrected chi connectivity index (χ0v) is 18.2. The van der Waals surface area contributed by atoms with Crippen LogP contribution in [0.15, 0.2) is 78.0 Å². The lowest BCUT2D eigenvalue weighted by molar-refractivity contribution is 0.482. The second-order valence-electron chi connectivity index (χ2n) is 6.04. The van der Waals surface area contributed by atoms with Crippen LogP contribution in [0, 0.1) is 0 Å². The van der Waals surface area contributed by atoms with Gasteiger partial charge in [0.05, 0.1) is 0 Å². The molecule has 0 spiro atoms. The van der Waals surface area contributed by atoms with Crippen molar-refractivity contribution < 1.29 is 4.74 Å². The first kappa shape index (κ1) is 21.7. The predicted octanol–water partition coefficient (Wildman–Crippen LogP) is 4.05. The van der Waals surface area contributed by atoms with E-state index in [0.29, 0.717) is 6.54 Å². The van der Waals surface area contributed by atoms with Crippen molar-refractivity contribution in [3.05, 3.63) is 78.6 Å². The maximum atomic E-state index is 5.89. The molecule has 0 unspecified atom stereocenters. The molecule has 3 aromatic rings. The minimum atomic E-state index is 0. The van der Waals surface area contributed by atoms with Gasteiger partial charge in [0.25, 0.3) is 0 Å². The van der Waals surface area contributed by atoms with E-state index in [9.17, 15) is 0 Å². The Bertz CT molecular complexity index is 837. The highest BCUT2D eigenvalue weighted by Crippen LogP contribution is 2.21.